The summed E-state index contributed by atoms with van der Waals surface area (Å²) in [6.45, 7) is 2.33. The van der Waals surface area contributed by atoms with Gasteiger partial charge in [0, 0.05) is 44.4 Å². The normalized spacial score (nSPS) is 22.6. The molecule has 1 aromatic carbocycles. The molecular formula is C18H23Cl2N3O2. The number of amides is 3. The molecule has 1 aliphatic heterocycles. The highest BCUT2D eigenvalue weighted by atomic mass is 35.5. The predicted octanol–water partition coefficient (Wildman–Crippen LogP) is 2.25. The van der Waals surface area contributed by atoms with Gasteiger partial charge in [-0.15, -0.1) is 23.2 Å². The fourth-order valence-electron chi connectivity index (χ4n) is 3.72. The minimum atomic E-state index is -0.783. The van der Waals surface area contributed by atoms with Gasteiger partial charge in [0.1, 0.15) is 5.54 Å². The van der Waals surface area contributed by atoms with E-state index in [-0.39, 0.29) is 11.9 Å². The van der Waals surface area contributed by atoms with Crippen LogP contribution in [0.5, 0.6) is 0 Å². The summed E-state index contributed by atoms with van der Waals surface area (Å²) in [6.07, 6.45) is 2.02. The van der Waals surface area contributed by atoms with Crippen molar-refractivity contribution in [2.45, 2.75) is 24.8 Å². The third-order valence-electron chi connectivity index (χ3n) is 5.12. The van der Waals surface area contributed by atoms with E-state index in [9.17, 15) is 9.59 Å². The second-order valence-corrected chi connectivity index (χ2v) is 7.39. The fourth-order valence-corrected chi connectivity index (χ4v) is 4.20. The molecule has 0 bridgehead atoms. The van der Waals surface area contributed by atoms with E-state index in [4.69, 9.17) is 23.2 Å². The summed E-state index contributed by atoms with van der Waals surface area (Å²) < 4.78 is 0. The Balaban J connectivity index is 1.68. The van der Waals surface area contributed by atoms with Crippen LogP contribution in [0.15, 0.2) is 24.3 Å². The Morgan fingerprint density at radius 1 is 1.08 bits per heavy atom. The van der Waals surface area contributed by atoms with Gasteiger partial charge < -0.3 is 5.32 Å². The molecule has 1 heterocycles. The zero-order chi connectivity index (χ0) is 17.9. The van der Waals surface area contributed by atoms with Gasteiger partial charge in [-0.1, -0.05) is 24.3 Å². The first-order valence-corrected chi connectivity index (χ1v) is 9.72. The summed E-state index contributed by atoms with van der Waals surface area (Å²) in [5.41, 5.74) is 1.63. The second kappa shape index (κ2) is 7.94. The van der Waals surface area contributed by atoms with Crippen LogP contribution >= 0.6 is 23.2 Å². The molecule has 136 valence electrons. The first kappa shape index (κ1) is 18.5. The number of urea groups is 1. The standard InChI is InChI=1S/C18H23Cl2N3O2/c19-7-9-22(10-8-20)11-12-23-16(24)18(21-17(23)25)6-5-14-3-1-2-4-15(14)13-18/h1-4H,5-13H2,(H,21,25). The summed E-state index contributed by atoms with van der Waals surface area (Å²) >= 11 is 11.6. The molecular weight excluding hydrogens is 361 g/mol. The first-order chi connectivity index (χ1) is 12.1. The Kier molecular flexibility index (Phi) is 5.87. The van der Waals surface area contributed by atoms with E-state index in [2.05, 4.69) is 16.3 Å². The van der Waals surface area contributed by atoms with Crippen molar-refractivity contribution in [1.29, 1.82) is 0 Å². The van der Waals surface area contributed by atoms with Crippen LogP contribution in [0.4, 0.5) is 4.79 Å². The lowest BCUT2D eigenvalue weighted by Crippen LogP contribution is -2.51. The molecule has 1 atom stereocenters. The number of fused-ring (bicyclic) bond motifs is 1. The van der Waals surface area contributed by atoms with E-state index < -0.39 is 5.54 Å². The van der Waals surface area contributed by atoms with Crippen LogP contribution in [0.1, 0.15) is 17.5 Å². The van der Waals surface area contributed by atoms with Crippen molar-refractivity contribution in [3.8, 4) is 0 Å². The van der Waals surface area contributed by atoms with Crippen molar-refractivity contribution in [3.05, 3.63) is 35.4 Å². The quantitative estimate of drug-likeness (QED) is 0.580. The van der Waals surface area contributed by atoms with Crippen molar-refractivity contribution < 1.29 is 9.59 Å². The third-order valence-corrected chi connectivity index (χ3v) is 5.46. The Morgan fingerprint density at radius 3 is 2.44 bits per heavy atom. The molecule has 3 amide bonds. The Morgan fingerprint density at radius 2 is 1.76 bits per heavy atom. The minimum absolute atomic E-state index is 0.108. The lowest BCUT2D eigenvalue weighted by molar-refractivity contribution is -0.131. The largest absolute Gasteiger partial charge is 0.325 e. The second-order valence-electron chi connectivity index (χ2n) is 6.63. The molecule has 2 aliphatic rings. The van der Waals surface area contributed by atoms with Gasteiger partial charge in [-0.2, -0.15) is 0 Å². The van der Waals surface area contributed by atoms with Gasteiger partial charge in [0.05, 0.1) is 0 Å². The molecule has 1 saturated heterocycles. The number of carbonyl (C=O) groups excluding carboxylic acids is 2. The van der Waals surface area contributed by atoms with Crippen molar-refractivity contribution >= 4 is 35.1 Å². The van der Waals surface area contributed by atoms with Gasteiger partial charge in [0.25, 0.3) is 5.91 Å². The minimum Gasteiger partial charge on any atom is -0.323 e. The van der Waals surface area contributed by atoms with Crippen molar-refractivity contribution in [2.24, 2.45) is 0 Å². The maximum atomic E-state index is 13.0. The lowest BCUT2D eigenvalue weighted by atomic mass is 9.78. The molecule has 1 aliphatic carbocycles. The van der Waals surface area contributed by atoms with Gasteiger partial charge in [0.15, 0.2) is 0 Å². The van der Waals surface area contributed by atoms with Crippen LogP contribution in [-0.2, 0) is 17.6 Å². The molecule has 0 aromatic heterocycles. The smallest absolute Gasteiger partial charge is 0.323 e. The summed E-state index contributed by atoms with van der Waals surface area (Å²) in [4.78, 5) is 28.8. The number of rotatable bonds is 7. The number of nitrogens with one attached hydrogen (secondary N) is 1. The van der Waals surface area contributed by atoms with Crippen LogP contribution in [0, 0.1) is 0 Å². The first-order valence-electron chi connectivity index (χ1n) is 8.65. The van der Waals surface area contributed by atoms with Crippen molar-refractivity contribution in [3.63, 3.8) is 0 Å². The molecule has 1 N–H and O–H groups in total. The van der Waals surface area contributed by atoms with Crippen LogP contribution in [0.25, 0.3) is 0 Å². The highest BCUT2D eigenvalue weighted by molar-refractivity contribution is 6.18. The van der Waals surface area contributed by atoms with Gasteiger partial charge in [-0.3, -0.25) is 14.6 Å². The number of hydrogen-bond acceptors (Lipinski definition) is 3. The molecule has 5 nitrogen and oxygen atoms in total. The highest BCUT2D eigenvalue weighted by Gasteiger charge is 2.52. The number of aryl methyl sites for hydroxylation is 1. The maximum absolute atomic E-state index is 13.0. The maximum Gasteiger partial charge on any atom is 0.325 e. The molecule has 1 aromatic rings. The van der Waals surface area contributed by atoms with Crippen molar-refractivity contribution in [2.75, 3.05) is 37.9 Å². The summed E-state index contributed by atoms with van der Waals surface area (Å²) in [5, 5.41) is 2.96. The molecule has 0 saturated carbocycles. The summed E-state index contributed by atoms with van der Waals surface area (Å²) in [5.74, 6) is 0.888. The zero-order valence-electron chi connectivity index (χ0n) is 14.1. The molecule has 7 heteroatoms. The zero-order valence-corrected chi connectivity index (χ0v) is 15.7. The Bertz CT molecular complexity index is 649. The fraction of sp³-hybridized carbons (Fsp3) is 0.556. The van der Waals surface area contributed by atoms with Gasteiger partial charge >= 0.3 is 6.03 Å². The van der Waals surface area contributed by atoms with E-state index >= 15 is 0 Å². The average molecular weight is 384 g/mol. The molecule has 1 spiro atoms. The van der Waals surface area contributed by atoms with Gasteiger partial charge in [-0.25, -0.2) is 4.79 Å². The van der Waals surface area contributed by atoms with Crippen LogP contribution in [0.2, 0.25) is 0 Å². The Labute approximate surface area is 158 Å². The molecule has 0 radical (unpaired) electrons. The monoisotopic (exact) mass is 383 g/mol. The van der Waals surface area contributed by atoms with Crippen LogP contribution in [-0.4, -0.2) is 65.2 Å². The summed E-state index contributed by atoms with van der Waals surface area (Å²) in [7, 11) is 0. The lowest BCUT2D eigenvalue weighted by Gasteiger charge is -2.32. The van der Waals surface area contributed by atoms with E-state index in [0.29, 0.717) is 50.8 Å². The number of alkyl halides is 2. The van der Waals surface area contributed by atoms with Crippen LogP contribution in [0.3, 0.4) is 0 Å². The topological polar surface area (TPSA) is 52.7 Å². The molecule has 25 heavy (non-hydrogen) atoms. The van der Waals surface area contributed by atoms with Gasteiger partial charge in [-0.05, 0) is 24.0 Å². The number of halogens is 2. The average Bonchev–Trinajstić information content (AvgIpc) is 2.83. The Hall–Kier alpha value is -1.30. The van der Waals surface area contributed by atoms with Crippen LogP contribution < -0.4 is 5.32 Å². The number of carbonyl (C=O) groups is 2. The van der Waals surface area contributed by atoms with E-state index in [1.165, 1.54) is 10.5 Å². The highest BCUT2D eigenvalue weighted by Crippen LogP contribution is 2.33. The van der Waals surface area contributed by atoms with E-state index in [1.807, 2.05) is 18.2 Å². The number of hydrogen-bond donors (Lipinski definition) is 1. The number of benzene rings is 1. The number of imide groups is 1. The van der Waals surface area contributed by atoms with Crippen molar-refractivity contribution in [1.82, 2.24) is 15.1 Å². The third kappa shape index (κ3) is 3.78. The SMILES string of the molecule is O=C1NC2(CCc3ccccc3C2)C(=O)N1CCN(CCCl)CCCl. The van der Waals surface area contributed by atoms with E-state index in [0.717, 1.165) is 12.0 Å². The van der Waals surface area contributed by atoms with E-state index in [1.54, 1.807) is 0 Å². The van der Waals surface area contributed by atoms with Gasteiger partial charge in [0.2, 0.25) is 0 Å². The summed E-state index contributed by atoms with van der Waals surface area (Å²) in [6, 6.07) is 7.84. The molecule has 3 rings (SSSR count). The number of nitrogens with zero attached hydrogens (tertiary/aromatic N) is 2. The predicted molar refractivity (Wildman–Crippen MR) is 99.3 cm³/mol. The molecule has 1 unspecified atom stereocenters. The molecule has 1 fully saturated rings.